The number of rotatable bonds is 20. The van der Waals surface area contributed by atoms with Gasteiger partial charge in [-0.2, -0.15) is 26.3 Å². The molecule has 0 aromatic heterocycles. The fraction of sp³-hybridized carbons (Fsp3) is 0.526. The van der Waals surface area contributed by atoms with E-state index in [0.29, 0.717) is 17.9 Å². The Bertz CT molecular complexity index is 2280. The number of carbonyl (C=O) groups is 3. The minimum absolute atomic E-state index is 0.00533. The summed E-state index contributed by atoms with van der Waals surface area (Å²) in [5.74, 6) is -3.81. The van der Waals surface area contributed by atoms with Crippen molar-refractivity contribution in [2.24, 2.45) is 0 Å². The minimum atomic E-state index is -5.05. The smallest absolute Gasteiger partial charge is 0.444 e. The van der Waals surface area contributed by atoms with Gasteiger partial charge in [-0.3, -0.25) is 9.59 Å². The van der Waals surface area contributed by atoms with Crippen LogP contribution >= 0.6 is 0 Å². The Kier molecular flexibility index (Phi) is 23.0. The van der Waals surface area contributed by atoms with E-state index in [2.05, 4.69) is 46.9 Å². The number of alkyl halides is 6. The number of nitrogens with zero attached hydrogens (tertiary/aromatic N) is 3. The molecule has 4 aromatic carbocycles. The second-order valence-electron chi connectivity index (χ2n) is 22.5. The second-order valence-corrected chi connectivity index (χ2v) is 31.1. The van der Waals surface area contributed by atoms with Gasteiger partial charge in [0.1, 0.15) is 5.60 Å². The van der Waals surface area contributed by atoms with E-state index < -0.39 is 69.6 Å². The Labute approximate surface area is 444 Å². The molecular weight excluding hydrogens is 1010 g/mol. The largest absolute Gasteiger partial charge is 0.471 e. The Balaban J connectivity index is 0.000000402. The third-order valence-electron chi connectivity index (χ3n) is 13.0. The van der Waals surface area contributed by atoms with Crippen molar-refractivity contribution in [2.45, 2.75) is 155 Å². The molecule has 10 nitrogen and oxygen atoms in total. The molecule has 416 valence electrons. The fourth-order valence-electron chi connectivity index (χ4n) is 9.18. The summed E-state index contributed by atoms with van der Waals surface area (Å²) in [4.78, 5) is 40.4. The Morgan fingerprint density at radius 3 is 1.08 bits per heavy atom. The van der Waals surface area contributed by atoms with Crippen LogP contribution in [0.5, 0.6) is 0 Å². The molecule has 0 aliphatic carbocycles. The number of halogens is 6. The lowest BCUT2D eigenvalue weighted by Crippen LogP contribution is -2.67. The van der Waals surface area contributed by atoms with Crippen molar-refractivity contribution in [2.75, 3.05) is 40.4 Å². The third kappa shape index (κ3) is 17.5. The molecular formula is C57H82F6N4O6Si2. The van der Waals surface area contributed by atoms with Gasteiger partial charge in [-0.25, -0.2) is 4.79 Å². The van der Waals surface area contributed by atoms with Gasteiger partial charge in [0.15, 0.2) is 0 Å². The van der Waals surface area contributed by atoms with E-state index in [1.165, 1.54) is 11.9 Å². The predicted molar refractivity (Wildman–Crippen MR) is 293 cm³/mol. The van der Waals surface area contributed by atoms with Crippen LogP contribution in [0.25, 0.3) is 0 Å². The highest BCUT2D eigenvalue weighted by Crippen LogP contribution is 2.39. The van der Waals surface area contributed by atoms with Gasteiger partial charge in [0, 0.05) is 32.7 Å². The van der Waals surface area contributed by atoms with Gasteiger partial charge in [-0.1, -0.05) is 177 Å². The van der Waals surface area contributed by atoms with Crippen LogP contribution in [-0.2, 0) is 23.2 Å². The zero-order valence-corrected chi connectivity index (χ0v) is 48.7. The van der Waals surface area contributed by atoms with Crippen molar-refractivity contribution < 1.29 is 54.3 Å². The molecule has 3 amide bonds. The van der Waals surface area contributed by atoms with E-state index in [0.717, 1.165) is 32.7 Å². The van der Waals surface area contributed by atoms with Crippen molar-refractivity contribution in [1.82, 2.24) is 20.0 Å². The highest BCUT2D eigenvalue weighted by atomic mass is 28.4. The van der Waals surface area contributed by atoms with Gasteiger partial charge < -0.3 is 33.6 Å². The lowest BCUT2D eigenvalue weighted by Gasteiger charge is -2.44. The average molecular weight is 1090 g/mol. The molecule has 0 saturated heterocycles. The number of ether oxygens (including phenoxy) is 1. The molecule has 0 radical (unpaired) electrons. The average Bonchev–Trinajstić information content (AvgIpc) is 3.31. The van der Waals surface area contributed by atoms with E-state index in [9.17, 15) is 40.7 Å². The molecule has 75 heavy (non-hydrogen) atoms. The minimum Gasteiger partial charge on any atom is -0.444 e. The maximum absolute atomic E-state index is 13.6. The normalized spacial score (nSPS) is 13.6. The number of hydrogen-bond acceptors (Lipinski definition) is 7. The van der Waals surface area contributed by atoms with Crippen molar-refractivity contribution in [3.63, 3.8) is 0 Å². The molecule has 4 rings (SSSR count). The van der Waals surface area contributed by atoms with Crippen LogP contribution in [0.2, 0.25) is 10.1 Å². The van der Waals surface area contributed by atoms with Crippen LogP contribution in [0.4, 0.5) is 31.1 Å². The van der Waals surface area contributed by atoms with E-state index >= 15 is 0 Å². The number of carbonyl (C=O) groups excluding carboxylic acids is 3. The lowest BCUT2D eigenvalue weighted by molar-refractivity contribution is -0.187. The highest BCUT2D eigenvalue weighted by Gasteiger charge is 2.53. The first-order chi connectivity index (χ1) is 34.6. The van der Waals surface area contributed by atoms with Crippen molar-refractivity contribution in [1.29, 1.82) is 0 Å². The van der Waals surface area contributed by atoms with Gasteiger partial charge in [-0.15, -0.1) is 0 Å². The van der Waals surface area contributed by atoms with Crippen molar-refractivity contribution in [3.8, 4) is 0 Å². The number of likely N-dealkylation sites (N-methyl/N-ethyl adjacent to an activating group) is 2. The third-order valence-corrected chi connectivity index (χ3v) is 23.0. The number of hydrogen-bond donors (Lipinski definition) is 1. The standard InChI is InChI=1S/C31H45F3N2O4Si.C26H37F3N2O2Si/c1-23(2)36(28(38)40-29(3,4)5)21-20-24(35(9)27(37)31(32,33)34)22-39-41(30(6,7)8,25-16-12-10-13-17-25)26-18-14-11-15-19-26;1-20(2)30-18-17-21(31(6)24(32)26(27,28)29)19-33-34(25(3,4)5,22-13-9-7-10-14-22)23-15-11-8-12-16-23/h10-19,23-24H,20-22H2,1-9H3;7-16,20-21,30H,17-19H2,1-6H3/t24-;21-/m00/s1. The van der Waals surface area contributed by atoms with Crippen LogP contribution < -0.4 is 26.1 Å². The molecule has 0 saturated carbocycles. The molecule has 0 unspecified atom stereocenters. The van der Waals surface area contributed by atoms with Crippen molar-refractivity contribution >= 4 is 55.3 Å². The predicted octanol–water partition coefficient (Wildman–Crippen LogP) is 10.3. The van der Waals surface area contributed by atoms with E-state index in [4.69, 9.17) is 13.6 Å². The van der Waals surface area contributed by atoms with Gasteiger partial charge >= 0.3 is 30.3 Å². The quantitative estimate of drug-likeness (QED) is 0.0695. The second kappa shape index (κ2) is 26.8. The zero-order chi connectivity index (χ0) is 56.8. The molecule has 4 aromatic rings. The molecule has 2 atom stereocenters. The van der Waals surface area contributed by atoms with Gasteiger partial charge in [0.2, 0.25) is 0 Å². The fourth-order valence-corrected chi connectivity index (χ4v) is 18.4. The molecule has 0 aliphatic heterocycles. The summed E-state index contributed by atoms with van der Waals surface area (Å²) in [5, 5.41) is 6.53. The van der Waals surface area contributed by atoms with Crippen LogP contribution in [0, 0.1) is 0 Å². The molecule has 1 N–H and O–H groups in total. The van der Waals surface area contributed by atoms with Crippen LogP contribution in [0.3, 0.4) is 0 Å². The number of amides is 3. The molecule has 0 fully saturated rings. The summed E-state index contributed by atoms with van der Waals surface area (Å²) in [5.41, 5.74) is -0.737. The first-order valence-corrected chi connectivity index (χ1v) is 29.3. The summed E-state index contributed by atoms with van der Waals surface area (Å²) in [6, 6.07) is 37.5. The topological polar surface area (TPSA) is 101 Å². The molecule has 0 aliphatic rings. The highest BCUT2D eigenvalue weighted by molar-refractivity contribution is 7.00. The lowest BCUT2D eigenvalue weighted by atomic mass is 10.1. The monoisotopic (exact) mass is 1090 g/mol. The summed E-state index contributed by atoms with van der Waals surface area (Å²) in [6.07, 6.45) is -10.1. The number of nitrogens with one attached hydrogen (secondary N) is 1. The van der Waals surface area contributed by atoms with Crippen molar-refractivity contribution in [3.05, 3.63) is 121 Å². The van der Waals surface area contributed by atoms with E-state index in [1.807, 2.05) is 149 Å². The van der Waals surface area contributed by atoms with E-state index in [1.54, 1.807) is 20.8 Å². The van der Waals surface area contributed by atoms with E-state index in [-0.39, 0.29) is 43.3 Å². The maximum Gasteiger partial charge on any atom is 0.471 e. The number of benzene rings is 4. The first kappa shape index (κ1) is 64.3. The Hall–Kier alpha value is -5.02. The summed E-state index contributed by atoms with van der Waals surface area (Å²) >= 11 is 0. The molecule has 18 heteroatoms. The first-order valence-electron chi connectivity index (χ1n) is 25.5. The molecule has 0 spiro atoms. The van der Waals surface area contributed by atoms with Crippen LogP contribution in [0.1, 0.15) is 103 Å². The maximum atomic E-state index is 13.6. The summed E-state index contributed by atoms with van der Waals surface area (Å²) in [6.45, 7) is 25.8. The zero-order valence-electron chi connectivity index (χ0n) is 46.7. The van der Waals surface area contributed by atoms with Gasteiger partial charge in [-0.05, 0) is 84.8 Å². The Morgan fingerprint density at radius 2 is 0.827 bits per heavy atom. The van der Waals surface area contributed by atoms with Gasteiger partial charge in [0.05, 0.1) is 25.3 Å². The summed E-state index contributed by atoms with van der Waals surface area (Å²) < 4.78 is 99.8. The molecule has 0 heterocycles. The SMILES string of the molecule is CC(C)N(CC[C@@H](CO[Si](c1ccccc1)(c1ccccc1)C(C)(C)C)N(C)C(=O)C(F)(F)F)C(=O)OC(C)(C)C.CC(C)NCC[C@@H](CO[Si](c1ccccc1)(c1ccccc1)C(C)(C)C)N(C)C(=O)C(F)(F)F. The summed E-state index contributed by atoms with van der Waals surface area (Å²) in [7, 11) is -3.68. The Morgan fingerprint density at radius 1 is 0.520 bits per heavy atom. The molecule has 0 bridgehead atoms. The van der Waals surface area contributed by atoms with Crippen LogP contribution in [0.15, 0.2) is 121 Å². The van der Waals surface area contributed by atoms with Gasteiger partial charge in [0.25, 0.3) is 16.6 Å². The van der Waals surface area contributed by atoms with Crippen LogP contribution in [-0.4, -0.2) is 132 Å².